The molecule has 124 valence electrons. The van der Waals surface area contributed by atoms with Crippen molar-refractivity contribution < 1.29 is 14.0 Å². The zero-order valence-corrected chi connectivity index (χ0v) is 14.2. The van der Waals surface area contributed by atoms with Gasteiger partial charge in [0.2, 0.25) is 0 Å². The third-order valence-corrected chi connectivity index (χ3v) is 4.02. The fourth-order valence-electron chi connectivity index (χ4n) is 2.58. The maximum absolute atomic E-state index is 12.2. The Labute approximate surface area is 144 Å². The van der Waals surface area contributed by atoms with Crippen LogP contribution in [0, 0.1) is 6.92 Å². The fourth-order valence-corrected chi connectivity index (χ4v) is 2.75. The first-order valence-corrected chi connectivity index (χ1v) is 8.08. The topological polar surface area (TPSA) is 62.6 Å². The largest absolute Gasteiger partial charge is 0.457 e. The molecule has 0 unspecified atom stereocenters. The molecule has 5 nitrogen and oxygen atoms in total. The van der Waals surface area contributed by atoms with Crippen molar-refractivity contribution >= 4 is 29.6 Å². The summed E-state index contributed by atoms with van der Waals surface area (Å²) in [5, 5.41) is 3.20. The monoisotopic (exact) mass is 344 g/mol. The first-order chi connectivity index (χ1) is 11.5. The smallest absolute Gasteiger partial charge is 0.329 e. The number of amides is 3. The molecule has 0 bridgehead atoms. The summed E-state index contributed by atoms with van der Waals surface area (Å²) in [4.78, 5) is 25.2. The van der Waals surface area contributed by atoms with Gasteiger partial charge in [0.25, 0.3) is 5.91 Å². The number of nitrogens with zero attached hydrogens (tertiary/aromatic N) is 1. The van der Waals surface area contributed by atoms with Crippen LogP contribution < -0.4 is 5.32 Å². The zero-order chi connectivity index (χ0) is 17.3. The Bertz CT molecular complexity index is 839. The summed E-state index contributed by atoms with van der Waals surface area (Å²) in [5.41, 5.74) is 2.14. The molecule has 6 heteroatoms. The van der Waals surface area contributed by atoms with E-state index in [9.17, 15) is 9.59 Å². The second-order valence-electron chi connectivity index (χ2n) is 5.61. The number of hydrogen-bond acceptors (Lipinski definition) is 3. The van der Waals surface area contributed by atoms with Crippen LogP contribution in [0.15, 0.2) is 40.4 Å². The van der Waals surface area contributed by atoms with Crippen molar-refractivity contribution in [2.45, 2.75) is 20.3 Å². The van der Waals surface area contributed by atoms with Crippen LogP contribution in [0.2, 0.25) is 5.02 Å². The molecule has 0 radical (unpaired) electrons. The van der Waals surface area contributed by atoms with Crippen LogP contribution in [0.1, 0.15) is 24.7 Å². The third kappa shape index (κ3) is 3.08. The SMILES string of the molecule is CCCN1C(=O)N/C(=C/c2ccc(-c3cc(Cl)ccc3C)o2)C1=O. The Morgan fingerprint density at radius 2 is 2.04 bits per heavy atom. The van der Waals surface area contributed by atoms with E-state index in [2.05, 4.69) is 5.32 Å². The number of furan rings is 1. The number of halogens is 1. The van der Waals surface area contributed by atoms with Crippen molar-refractivity contribution in [3.05, 3.63) is 52.4 Å². The molecule has 0 atom stereocenters. The van der Waals surface area contributed by atoms with Gasteiger partial charge in [0.05, 0.1) is 0 Å². The Hall–Kier alpha value is -2.53. The van der Waals surface area contributed by atoms with E-state index in [1.165, 1.54) is 4.90 Å². The summed E-state index contributed by atoms with van der Waals surface area (Å²) >= 11 is 6.04. The molecule has 24 heavy (non-hydrogen) atoms. The van der Waals surface area contributed by atoms with Crippen LogP contribution in [0.3, 0.4) is 0 Å². The molecule has 1 saturated heterocycles. The number of imide groups is 1. The number of carbonyl (C=O) groups excluding carboxylic acids is 2. The highest BCUT2D eigenvalue weighted by atomic mass is 35.5. The van der Waals surface area contributed by atoms with E-state index >= 15 is 0 Å². The van der Waals surface area contributed by atoms with Crippen molar-refractivity contribution in [3.8, 4) is 11.3 Å². The van der Waals surface area contributed by atoms with Crippen molar-refractivity contribution in [1.29, 1.82) is 0 Å². The molecule has 0 saturated carbocycles. The van der Waals surface area contributed by atoms with Crippen LogP contribution in [0.5, 0.6) is 0 Å². The number of rotatable bonds is 4. The van der Waals surface area contributed by atoms with Crippen LogP contribution in [-0.2, 0) is 4.79 Å². The van der Waals surface area contributed by atoms with Gasteiger partial charge in [-0.2, -0.15) is 0 Å². The van der Waals surface area contributed by atoms with Gasteiger partial charge < -0.3 is 9.73 Å². The van der Waals surface area contributed by atoms with E-state index in [-0.39, 0.29) is 11.6 Å². The highest BCUT2D eigenvalue weighted by Gasteiger charge is 2.32. The Morgan fingerprint density at radius 3 is 2.79 bits per heavy atom. The first-order valence-electron chi connectivity index (χ1n) is 7.70. The van der Waals surface area contributed by atoms with Crippen molar-refractivity contribution in [3.63, 3.8) is 0 Å². The molecule has 2 aromatic rings. The first kappa shape index (κ1) is 16.3. The lowest BCUT2D eigenvalue weighted by molar-refractivity contribution is -0.122. The van der Waals surface area contributed by atoms with Crippen LogP contribution in [0.4, 0.5) is 4.79 Å². The number of aryl methyl sites for hydroxylation is 1. The molecular formula is C18H17ClN2O3. The number of carbonyl (C=O) groups is 2. The lowest BCUT2D eigenvalue weighted by Crippen LogP contribution is -2.31. The predicted molar refractivity (Wildman–Crippen MR) is 92.4 cm³/mol. The second kappa shape index (κ2) is 6.53. The van der Waals surface area contributed by atoms with E-state index in [0.29, 0.717) is 29.5 Å². The number of nitrogens with one attached hydrogen (secondary N) is 1. The normalized spacial score (nSPS) is 16.1. The molecule has 1 fully saturated rings. The van der Waals surface area contributed by atoms with E-state index in [1.54, 1.807) is 12.1 Å². The van der Waals surface area contributed by atoms with Crippen molar-refractivity contribution in [2.75, 3.05) is 6.54 Å². The van der Waals surface area contributed by atoms with Gasteiger partial charge in [0.15, 0.2) is 0 Å². The van der Waals surface area contributed by atoms with Crippen LogP contribution in [0.25, 0.3) is 17.4 Å². The summed E-state index contributed by atoms with van der Waals surface area (Å²) < 4.78 is 5.79. The van der Waals surface area contributed by atoms with Crippen molar-refractivity contribution in [2.24, 2.45) is 0 Å². The van der Waals surface area contributed by atoms with Crippen molar-refractivity contribution in [1.82, 2.24) is 10.2 Å². The summed E-state index contributed by atoms with van der Waals surface area (Å²) in [6, 6.07) is 8.74. The maximum Gasteiger partial charge on any atom is 0.329 e. The van der Waals surface area contributed by atoms with Crippen LogP contribution >= 0.6 is 11.6 Å². The van der Waals surface area contributed by atoms with Gasteiger partial charge >= 0.3 is 6.03 Å². The molecule has 1 aromatic heterocycles. The average Bonchev–Trinajstić information content (AvgIpc) is 3.11. The summed E-state index contributed by atoms with van der Waals surface area (Å²) in [5.74, 6) is 0.814. The molecule has 2 heterocycles. The fraction of sp³-hybridized carbons (Fsp3) is 0.222. The minimum absolute atomic E-state index is 0.220. The molecule has 1 aliphatic rings. The zero-order valence-electron chi connectivity index (χ0n) is 13.4. The van der Waals surface area contributed by atoms with E-state index in [1.807, 2.05) is 38.1 Å². The van der Waals surface area contributed by atoms with Gasteiger partial charge in [-0.05, 0) is 43.2 Å². The van der Waals surface area contributed by atoms with Gasteiger partial charge in [-0.1, -0.05) is 24.6 Å². The highest BCUT2D eigenvalue weighted by Crippen LogP contribution is 2.29. The van der Waals surface area contributed by atoms with Gasteiger partial charge in [0, 0.05) is 23.2 Å². The van der Waals surface area contributed by atoms with E-state index in [4.69, 9.17) is 16.0 Å². The molecule has 3 amide bonds. The van der Waals surface area contributed by atoms with E-state index in [0.717, 1.165) is 11.1 Å². The second-order valence-corrected chi connectivity index (χ2v) is 6.04. The third-order valence-electron chi connectivity index (χ3n) is 3.79. The Kier molecular flexibility index (Phi) is 4.44. The molecular weight excluding hydrogens is 328 g/mol. The lowest BCUT2D eigenvalue weighted by Gasteiger charge is -2.08. The Balaban J connectivity index is 1.88. The Morgan fingerprint density at radius 1 is 1.25 bits per heavy atom. The van der Waals surface area contributed by atoms with Gasteiger partial charge in [0.1, 0.15) is 17.2 Å². The highest BCUT2D eigenvalue weighted by molar-refractivity contribution is 6.30. The summed E-state index contributed by atoms with van der Waals surface area (Å²) in [6.45, 7) is 4.27. The van der Waals surface area contributed by atoms with E-state index < -0.39 is 6.03 Å². The number of hydrogen-bond donors (Lipinski definition) is 1. The molecule has 0 spiro atoms. The standard InChI is InChI=1S/C18H17ClN2O3/c1-3-8-21-17(22)15(20-18(21)23)10-13-6-7-16(24-13)14-9-12(19)5-4-11(14)2/h4-7,9-10H,3,8H2,1-2H3,(H,20,23)/b15-10+. The molecule has 1 N–H and O–H groups in total. The number of urea groups is 1. The summed E-state index contributed by atoms with van der Waals surface area (Å²) in [7, 11) is 0. The number of benzene rings is 1. The predicted octanol–water partition coefficient (Wildman–Crippen LogP) is 4.21. The average molecular weight is 345 g/mol. The minimum atomic E-state index is -0.398. The van der Waals surface area contributed by atoms with Crippen LogP contribution in [-0.4, -0.2) is 23.4 Å². The molecule has 3 rings (SSSR count). The molecule has 1 aliphatic heterocycles. The maximum atomic E-state index is 12.2. The van der Waals surface area contributed by atoms with Gasteiger partial charge in [-0.25, -0.2) is 4.79 Å². The molecule has 1 aromatic carbocycles. The lowest BCUT2D eigenvalue weighted by atomic mass is 10.1. The van der Waals surface area contributed by atoms with Gasteiger partial charge in [-0.15, -0.1) is 0 Å². The molecule has 0 aliphatic carbocycles. The minimum Gasteiger partial charge on any atom is -0.457 e. The quantitative estimate of drug-likeness (QED) is 0.667. The summed E-state index contributed by atoms with van der Waals surface area (Å²) in [6.07, 6.45) is 2.25. The van der Waals surface area contributed by atoms with Gasteiger partial charge in [-0.3, -0.25) is 9.69 Å².